The summed E-state index contributed by atoms with van der Waals surface area (Å²) in [5.74, 6) is 0.0992. The number of benzene rings is 2. The van der Waals surface area contributed by atoms with Gasteiger partial charge in [0.15, 0.2) is 6.61 Å². The van der Waals surface area contributed by atoms with Crippen LogP contribution in [0.4, 0.5) is 0 Å². The van der Waals surface area contributed by atoms with Crippen molar-refractivity contribution in [3.63, 3.8) is 0 Å². The van der Waals surface area contributed by atoms with Gasteiger partial charge in [-0.15, -0.1) is 10.2 Å². The number of hydrogen-bond donors (Lipinski definition) is 0. The largest absolute Gasteiger partial charge is 0.450 e. The van der Waals surface area contributed by atoms with Gasteiger partial charge in [-0.2, -0.15) is 0 Å². The fourth-order valence-corrected chi connectivity index (χ4v) is 3.01. The van der Waals surface area contributed by atoms with Crippen LogP contribution in [-0.2, 0) is 22.7 Å². The van der Waals surface area contributed by atoms with Crippen molar-refractivity contribution in [3.8, 4) is 11.5 Å². The van der Waals surface area contributed by atoms with E-state index in [2.05, 4.69) is 10.2 Å². The number of para-hydroxylation sites is 1. The smallest absolute Gasteiger partial charge is 0.375 e. The molecule has 4 aromatic rings. The molecular weight excluding hydrogens is 372 g/mol. The summed E-state index contributed by atoms with van der Waals surface area (Å²) >= 11 is 0. The Kier molecular flexibility index (Phi) is 5.39. The standard InChI is InChI=1S/C22H20N2O5/c1-3-26-12-17-16-9-4-5-10-18(16)28-20(17)22(25)27-13-19-23-24-21(29-19)15-8-6-7-14(2)11-15/h4-11H,3,12-13H2,1-2H3. The van der Waals surface area contributed by atoms with Crippen molar-refractivity contribution in [1.29, 1.82) is 0 Å². The summed E-state index contributed by atoms with van der Waals surface area (Å²) in [7, 11) is 0. The van der Waals surface area contributed by atoms with E-state index in [0.717, 1.165) is 16.5 Å². The SMILES string of the molecule is CCOCc1c(C(=O)OCc2nnc(-c3cccc(C)c3)o2)oc2ccccc12. The summed E-state index contributed by atoms with van der Waals surface area (Å²) in [6, 6.07) is 15.1. The molecule has 0 unspecified atom stereocenters. The van der Waals surface area contributed by atoms with Gasteiger partial charge in [0.25, 0.3) is 5.89 Å². The summed E-state index contributed by atoms with van der Waals surface area (Å²) in [4.78, 5) is 12.6. The molecule has 0 aliphatic heterocycles. The third-order valence-electron chi connectivity index (χ3n) is 4.39. The van der Waals surface area contributed by atoms with Gasteiger partial charge in [0.1, 0.15) is 5.58 Å². The Morgan fingerprint density at radius 1 is 1.03 bits per heavy atom. The maximum Gasteiger partial charge on any atom is 0.375 e. The number of ether oxygens (including phenoxy) is 2. The molecule has 148 valence electrons. The molecule has 0 fully saturated rings. The number of fused-ring (bicyclic) bond motifs is 1. The molecule has 0 amide bonds. The molecule has 0 saturated heterocycles. The average molecular weight is 392 g/mol. The van der Waals surface area contributed by atoms with E-state index < -0.39 is 5.97 Å². The summed E-state index contributed by atoms with van der Waals surface area (Å²) in [5, 5.41) is 8.80. The predicted molar refractivity (Wildman–Crippen MR) is 105 cm³/mol. The van der Waals surface area contributed by atoms with Crippen LogP contribution in [0.2, 0.25) is 0 Å². The fraction of sp³-hybridized carbons (Fsp3) is 0.227. The van der Waals surface area contributed by atoms with Crippen molar-refractivity contribution >= 4 is 16.9 Å². The number of carbonyl (C=O) groups is 1. The molecule has 2 heterocycles. The van der Waals surface area contributed by atoms with Gasteiger partial charge < -0.3 is 18.3 Å². The zero-order valence-electron chi connectivity index (χ0n) is 16.2. The molecule has 7 nitrogen and oxygen atoms in total. The molecule has 0 N–H and O–H groups in total. The minimum atomic E-state index is -0.605. The molecule has 2 aromatic heterocycles. The first-order valence-corrected chi connectivity index (χ1v) is 9.30. The lowest BCUT2D eigenvalue weighted by Crippen LogP contribution is -2.08. The molecule has 2 aromatic carbocycles. The van der Waals surface area contributed by atoms with E-state index in [4.69, 9.17) is 18.3 Å². The molecule has 0 radical (unpaired) electrons. The number of furan rings is 1. The highest BCUT2D eigenvalue weighted by molar-refractivity contribution is 5.96. The average Bonchev–Trinajstić information content (AvgIpc) is 3.35. The molecule has 0 atom stereocenters. The lowest BCUT2D eigenvalue weighted by Gasteiger charge is -2.03. The highest BCUT2D eigenvalue weighted by Gasteiger charge is 2.22. The molecule has 4 rings (SSSR count). The van der Waals surface area contributed by atoms with Gasteiger partial charge in [-0.25, -0.2) is 4.79 Å². The first-order chi connectivity index (χ1) is 14.2. The summed E-state index contributed by atoms with van der Waals surface area (Å²) in [6.07, 6.45) is 0. The van der Waals surface area contributed by atoms with Crippen molar-refractivity contribution in [2.45, 2.75) is 27.1 Å². The van der Waals surface area contributed by atoms with Crippen LogP contribution in [0, 0.1) is 6.92 Å². The second kappa shape index (κ2) is 8.28. The van der Waals surface area contributed by atoms with Crippen molar-refractivity contribution in [3.05, 3.63) is 71.3 Å². The van der Waals surface area contributed by atoms with Gasteiger partial charge in [0.2, 0.25) is 11.7 Å². The molecular formula is C22H20N2O5. The van der Waals surface area contributed by atoms with Gasteiger partial charge in [-0.3, -0.25) is 0 Å². The minimum Gasteiger partial charge on any atom is -0.450 e. The Balaban J connectivity index is 1.50. The van der Waals surface area contributed by atoms with Gasteiger partial charge in [0.05, 0.1) is 6.61 Å². The van der Waals surface area contributed by atoms with E-state index >= 15 is 0 Å². The third kappa shape index (κ3) is 4.05. The first-order valence-electron chi connectivity index (χ1n) is 9.30. The molecule has 29 heavy (non-hydrogen) atoms. The van der Waals surface area contributed by atoms with Crippen molar-refractivity contribution in [2.24, 2.45) is 0 Å². The lowest BCUT2D eigenvalue weighted by atomic mass is 10.1. The monoisotopic (exact) mass is 392 g/mol. The van der Waals surface area contributed by atoms with Crippen LogP contribution < -0.4 is 0 Å². The molecule has 0 spiro atoms. The summed E-state index contributed by atoms with van der Waals surface area (Å²) in [6.45, 7) is 4.51. The van der Waals surface area contributed by atoms with Crippen LogP contribution in [-0.4, -0.2) is 22.8 Å². The Hall–Kier alpha value is -3.45. The second-order valence-electron chi connectivity index (χ2n) is 6.49. The molecule has 0 aliphatic rings. The Morgan fingerprint density at radius 2 is 1.90 bits per heavy atom. The van der Waals surface area contributed by atoms with Gasteiger partial charge in [-0.05, 0) is 32.0 Å². The molecule has 7 heteroatoms. The maximum atomic E-state index is 12.6. The van der Waals surface area contributed by atoms with E-state index in [1.807, 2.05) is 56.3 Å². The highest BCUT2D eigenvalue weighted by atomic mass is 16.6. The predicted octanol–water partition coefficient (Wildman–Crippen LogP) is 4.68. The molecule has 0 aliphatic carbocycles. The van der Waals surface area contributed by atoms with Crippen molar-refractivity contribution < 1.29 is 23.1 Å². The van der Waals surface area contributed by atoms with Crippen LogP contribution >= 0.6 is 0 Å². The Labute approximate surface area is 167 Å². The van der Waals surface area contributed by atoms with Crippen LogP contribution in [0.1, 0.15) is 34.5 Å². The van der Waals surface area contributed by atoms with Crippen LogP contribution in [0.3, 0.4) is 0 Å². The number of aryl methyl sites for hydroxylation is 1. The zero-order valence-corrected chi connectivity index (χ0v) is 16.2. The molecule has 0 bridgehead atoms. The van der Waals surface area contributed by atoms with E-state index in [1.165, 1.54) is 0 Å². The van der Waals surface area contributed by atoms with Crippen molar-refractivity contribution in [2.75, 3.05) is 6.61 Å². The van der Waals surface area contributed by atoms with Crippen LogP contribution in [0.15, 0.2) is 57.4 Å². The van der Waals surface area contributed by atoms with Crippen molar-refractivity contribution in [1.82, 2.24) is 10.2 Å². The quantitative estimate of drug-likeness (QED) is 0.422. The highest BCUT2D eigenvalue weighted by Crippen LogP contribution is 2.27. The third-order valence-corrected chi connectivity index (χ3v) is 4.39. The minimum absolute atomic E-state index is 0.123. The number of carbonyl (C=O) groups excluding carboxylic acids is 1. The topological polar surface area (TPSA) is 87.6 Å². The normalized spacial score (nSPS) is 11.1. The number of esters is 1. The van der Waals surface area contributed by atoms with E-state index in [-0.39, 0.29) is 24.9 Å². The number of rotatable bonds is 7. The van der Waals surface area contributed by atoms with Crippen LogP contribution in [0.25, 0.3) is 22.4 Å². The van der Waals surface area contributed by atoms with Crippen LogP contribution in [0.5, 0.6) is 0 Å². The van der Waals surface area contributed by atoms with Gasteiger partial charge in [0, 0.05) is 23.1 Å². The summed E-state index contributed by atoms with van der Waals surface area (Å²) < 4.78 is 22.2. The first kappa shape index (κ1) is 18.9. The number of aromatic nitrogens is 2. The zero-order chi connectivity index (χ0) is 20.2. The number of nitrogens with zero attached hydrogens (tertiary/aromatic N) is 2. The summed E-state index contributed by atoms with van der Waals surface area (Å²) in [5.41, 5.74) is 3.17. The lowest BCUT2D eigenvalue weighted by molar-refractivity contribution is 0.0396. The Bertz CT molecular complexity index is 1150. The van der Waals surface area contributed by atoms with E-state index in [0.29, 0.717) is 23.6 Å². The maximum absolute atomic E-state index is 12.6. The van der Waals surface area contributed by atoms with Gasteiger partial charge in [-0.1, -0.05) is 35.9 Å². The van der Waals surface area contributed by atoms with E-state index in [1.54, 1.807) is 6.07 Å². The number of hydrogen-bond acceptors (Lipinski definition) is 7. The second-order valence-corrected chi connectivity index (χ2v) is 6.49. The molecule has 0 saturated carbocycles. The fourth-order valence-electron chi connectivity index (χ4n) is 3.01. The van der Waals surface area contributed by atoms with Gasteiger partial charge >= 0.3 is 5.97 Å². The van der Waals surface area contributed by atoms with E-state index in [9.17, 15) is 4.79 Å². The Morgan fingerprint density at radius 3 is 2.72 bits per heavy atom.